The van der Waals surface area contributed by atoms with Crippen LogP contribution in [0.2, 0.25) is 0 Å². The van der Waals surface area contributed by atoms with Gasteiger partial charge in [0.2, 0.25) is 5.91 Å². The molecule has 1 aliphatic rings. The SMILES string of the molecule is NC(=O)C1CCCCN1C(=O)c1cc(Br)ccc1O. The van der Waals surface area contributed by atoms with Crippen molar-refractivity contribution in [3.63, 3.8) is 0 Å². The number of phenolic OH excluding ortho intramolecular Hbond substituents is 1. The minimum absolute atomic E-state index is 0.0954. The lowest BCUT2D eigenvalue weighted by molar-refractivity contribution is -0.123. The van der Waals surface area contributed by atoms with Crippen LogP contribution in [0, 0.1) is 0 Å². The van der Waals surface area contributed by atoms with E-state index in [1.165, 1.54) is 11.0 Å². The Balaban J connectivity index is 2.31. The number of phenols is 1. The largest absolute Gasteiger partial charge is 0.507 e. The Morgan fingerprint density at radius 1 is 1.37 bits per heavy atom. The lowest BCUT2D eigenvalue weighted by Crippen LogP contribution is -2.50. The molecule has 1 aromatic rings. The summed E-state index contributed by atoms with van der Waals surface area (Å²) in [5.74, 6) is -0.952. The predicted molar refractivity (Wildman–Crippen MR) is 73.7 cm³/mol. The van der Waals surface area contributed by atoms with E-state index in [9.17, 15) is 14.7 Å². The van der Waals surface area contributed by atoms with Crippen LogP contribution in [0.15, 0.2) is 22.7 Å². The highest BCUT2D eigenvalue weighted by Crippen LogP contribution is 2.26. The lowest BCUT2D eigenvalue weighted by Gasteiger charge is -2.33. The van der Waals surface area contributed by atoms with Gasteiger partial charge in [0.25, 0.3) is 5.91 Å². The average Bonchev–Trinajstić information content (AvgIpc) is 2.40. The molecule has 1 saturated heterocycles. The molecule has 1 aromatic carbocycles. The Labute approximate surface area is 119 Å². The number of amides is 2. The molecule has 2 rings (SSSR count). The smallest absolute Gasteiger partial charge is 0.258 e. The van der Waals surface area contributed by atoms with Gasteiger partial charge in [0.15, 0.2) is 0 Å². The van der Waals surface area contributed by atoms with Crippen molar-refractivity contribution in [1.29, 1.82) is 0 Å². The zero-order chi connectivity index (χ0) is 14.0. The van der Waals surface area contributed by atoms with E-state index in [0.29, 0.717) is 17.4 Å². The first-order valence-electron chi connectivity index (χ1n) is 6.09. The minimum Gasteiger partial charge on any atom is -0.507 e. The molecule has 0 bridgehead atoms. The Morgan fingerprint density at radius 3 is 2.79 bits per heavy atom. The summed E-state index contributed by atoms with van der Waals surface area (Å²) in [4.78, 5) is 25.3. The van der Waals surface area contributed by atoms with Gasteiger partial charge in [-0.15, -0.1) is 0 Å². The zero-order valence-corrected chi connectivity index (χ0v) is 11.9. The van der Waals surface area contributed by atoms with E-state index in [4.69, 9.17) is 5.73 Å². The number of nitrogens with two attached hydrogens (primary N) is 1. The number of primary amides is 1. The number of hydrogen-bond acceptors (Lipinski definition) is 3. The number of aromatic hydroxyl groups is 1. The number of hydrogen-bond donors (Lipinski definition) is 2. The minimum atomic E-state index is -0.584. The van der Waals surface area contributed by atoms with Crippen LogP contribution in [0.25, 0.3) is 0 Å². The summed E-state index contributed by atoms with van der Waals surface area (Å²) < 4.78 is 0.696. The fourth-order valence-corrected chi connectivity index (χ4v) is 2.67. The normalized spacial score (nSPS) is 19.2. The van der Waals surface area contributed by atoms with Crippen LogP contribution in [-0.2, 0) is 4.79 Å². The highest BCUT2D eigenvalue weighted by atomic mass is 79.9. The maximum atomic E-state index is 12.4. The van der Waals surface area contributed by atoms with Gasteiger partial charge in [-0.3, -0.25) is 9.59 Å². The maximum Gasteiger partial charge on any atom is 0.258 e. The van der Waals surface area contributed by atoms with Crippen LogP contribution < -0.4 is 5.73 Å². The molecule has 102 valence electrons. The first-order chi connectivity index (χ1) is 9.00. The van der Waals surface area contributed by atoms with Crippen LogP contribution in [0.3, 0.4) is 0 Å². The van der Waals surface area contributed by atoms with E-state index in [1.807, 2.05) is 0 Å². The van der Waals surface area contributed by atoms with Crippen LogP contribution >= 0.6 is 15.9 Å². The highest BCUT2D eigenvalue weighted by Gasteiger charge is 2.32. The summed E-state index contributed by atoms with van der Waals surface area (Å²) in [6.07, 6.45) is 2.29. The van der Waals surface area contributed by atoms with Crippen LogP contribution in [0.1, 0.15) is 29.6 Å². The Morgan fingerprint density at radius 2 is 2.11 bits per heavy atom. The first kappa shape index (κ1) is 13.9. The monoisotopic (exact) mass is 326 g/mol. The van der Waals surface area contributed by atoms with Gasteiger partial charge < -0.3 is 15.7 Å². The number of piperidine rings is 1. The third-order valence-electron chi connectivity index (χ3n) is 3.28. The van der Waals surface area contributed by atoms with Crippen molar-refractivity contribution < 1.29 is 14.7 Å². The summed E-state index contributed by atoms with van der Waals surface area (Å²) in [5.41, 5.74) is 5.52. The van der Waals surface area contributed by atoms with Gasteiger partial charge in [0, 0.05) is 11.0 Å². The van der Waals surface area contributed by atoms with Gasteiger partial charge in [-0.1, -0.05) is 15.9 Å². The van der Waals surface area contributed by atoms with Crippen molar-refractivity contribution >= 4 is 27.7 Å². The number of carbonyl (C=O) groups is 2. The van der Waals surface area contributed by atoms with Gasteiger partial charge in [-0.2, -0.15) is 0 Å². The summed E-state index contributed by atoms with van der Waals surface area (Å²) in [7, 11) is 0. The van der Waals surface area contributed by atoms with E-state index < -0.39 is 11.9 Å². The molecule has 1 fully saturated rings. The fraction of sp³-hybridized carbons (Fsp3) is 0.385. The molecule has 3 N–H and O–H groups in total. The Hall–Kier alpha value is -1.56. The van der Waals surface area contributed by atoms with E-state index in [2.05, 4.69) is 15.9 Å². The van der Waals surface area contributed by atoms with Crippen LogP contribution in [0.5, 0.6) is 5.75 Å². The van der Waals surface area contributed by atoms with E-state index in [0.717, 1.165) is 12.8 Å². The third-order valence-corrected chi connectivity index (χ3v) is 3.77. The van der Waals surface area contributed by atoms with Crippen molar-refractivity contribution in [2.24, 2.45) is 5.73 Å². The first-order valence-corrected chi connectivity index (χ1v) is 6.89. The number of carbonyl (C=O) groups excluding carboxylic acids is 2. The van der Waals surface area contributed by atoms with Crippen molar-refractivity contribution in [3.8, 4) is 5.75 Å². The molecule has 1 heterocycles. The van der Waals surface area contributed by atoms with Crippen LogP contribution in [0.4, 0.5) is 0 Å². The van der Waals surface area contributed by atoms with Gasteiger partial charge in [0.1, 0.15) is 11.8 Å². The molecule has 5 nitrogen and oxygen atoms in total. The molecule has 2 amide bonds. The molecule has 6 heteroatoms. The Bertz CT molecular complexity index is 519. The van der Waals surface area contributed by atoms with Crippen molar-refractivity contribution in [3.05, 3.63) is 28.2 Å². The number of likely N-dealkylation sites (tertiary alicyclic amines) is 1. The standard InChI is InChI=1S/C13H15BrN2O3/c14-8-4-5-11(17)9(7-8)13(19)16-6-2-1-3-10(16)12(15)18/h4-5,7,10,17H,1-3,6H2,(H2,15,18). The van der Waals surface area contributed by atoms with Crippen LogP contribution in [-0.4, -0.2) is 34.4 Å². The van der Waals surface area contributed by atoms with Gasteiger partial charge >= 0.3 is 0 Å². The number of rotatable bonds is 2. The second kappa shape index (κ2) is 5.61. The maximum absolute atomic E-state index is 12.4. The molecule has 0 aliphatic carbocycles. The molecule has 1 aliphatic heterocycles. The summed E-state index contributed by atoms with van der Waals surface area (Å²) >= 11 is 3.26. The molecule has 0 saturated carbocycles. The Kier molecular flexibility index (Phi) is 4.09. The van der Waals surface area contributed by atoms with E-state index >= 15 is 0 Å². The van der Waals surface area contributed by atoms with Gasteiger partial charge in [0.05, 0.1) is 5.56 Å². The topological polar surface area (TPSA) is 83.6 Å². The summed E-state index contributed by atoms with van der Waals surface area (Å²) in [5, 5.41) is 9.78. The second-order valence-electron chi connectivity index (χ2n) is 4.57. The fourth-order valence-electron chi connectivity index (χ4n) is 2.30. The van der Waals surface area contributed by atoms with E-state index in [-0.39, 0.29) is 17.2 Å². The molecular weight excluding hydrogens is 312 g/mol. The lowest BCUT2D eigenvalue weighted by atomic mass is 10.00. The van der Waals surface area contributed by atoms with Crippen molar-refractivity contribution in [2.45, 2.75) is 25.3 Å². The van der Waals surface area contributed by atoms with Crippen molar-refractivity contribution in [2.75, 3.05) is 6.54 Å². The second-order valence-corrected chi connectivity index (χ2v) is 5.49. The molecule has 0 radical (unpaired) electrons. The van der Waals surface area contributed by atoms with E-state index in [1.54, 1.807) is 12.1 Å². The third kappa shape index (κ3) is 2.89. The average molecular weight is 327 g/mol. The molecular formula is C13H15BrN2O3. The molecule has 1 atom stereocenters. The number of benzene rings is 1. The molecule has 1 unspecified atom stereocenters. The zero-order valence-electron chi connectivity index (χ0n) is 10.3. The quantitative estimate of drug-likeness (QED) is 0.866. The summed E-state index contributed by atoms with van der Waals surface area (Å²) in [6, 6.07) is 4.05. The number of nitrogens with zero attached hydrogens (tertiary/aromatic N) is 1. The van der Waals surface area contributed by atoms with Gasteiger partial charge in [-0.25, -0.2) is 0 Å². The predicted octanol–water partition coefficient (Wildman–Crippen LogP) is 1.63. The van der Waals surface area contributed by atoms with Gasteiger partial charge in [-0.05, 0) is 37.5 Å². The highest BCUT2D eigenvalue weighted by molar-refractivity contribution is 9.10. The molecule has 0 spiro atoms. The summed E-state index contributed by atoms with van der Waals surface area (Å²) in [6.45, 7) is 0.485. The molecule has 19 heavy (non-hydrogen) atoms. The van der Waals surface area contributed by atoms with Crippen molar-refractivity contribution in [1.82, 2.24) is 4.90 Å². The molecule has 0 aromatic heterocycles. The number of halogens is 1.